The highest BCUT2D eigenvalue weighted by Crippen LogP contribution is 2.31. The van der Waals surface area contributed by atoms with Gasteiger partial charge in [0, 0.05) is 10.6 Å². The minimum Gasteiger partial charge on any atom is -0.478 e. The van der Waals surface area contributed by atoms with Gasteiger partial charge in [-0.3, -0.25) is 0 Å². The molecule has 0 aliphatic heterocycles. The van der Waals surface area contributed by atoms with E-state index in [-0.39, 0.29) is 16.2 Å². The standard InChI is InChI=1S/C12H10ClF2NO3/c1-6(7-4-2-3-5-8(7)13)9(12(17)18)10(19-16)11(14)15/h2-5,11H,1,16H2,(H,17,18)/b10-9+. The van der Waals surface area contributed by atoms with Gasteiger partial charge >= 0.3 is 5.97 Å². The SMILES string of the molecule is C=C(/C(C(=O)O)=C(\ON)C(F)F)c1ccccc1Cl. The molecule has 0 bridgehead atoms. The number of hydrogen-bond acceptors (Lipinski definition) is 3. The highest BCUT2D eigenvalue weighted by molar-refractivity contribution is 6.33. The average Bonchev–Trinajstić information content (AvgIpc) is 2.34. The van der Waals surface area contributed by atoms with E-state index in [1.54, 1.807) is 12.1 Å². The molecule has 1 aromatic carbocycles. The van der Waals surface area contributed by atoms with E-state index < -0.39 is 23.7 Å². The zero-order valence-electron chi connectivity index (χ0n) is 9.57. The number of halogens is 3. The highest BCUT2D eigenvalue weighted by Gasteiger charge is 2.27. The first-order valence-corrected chi connectivity index (χ1v) is 5.34. The highest BCUT2D eigenvalue weighted by atomic mass is 35.5. The molecule has 102 valence electrons. The van der Waals surface area contributed by atoms with Crippen molar-refractivity contribution in [3.63, 3.8) is 0 Å². The van der Waals surface area contributed by atoms with Gasteiger partial charge in [-0.05, 0) is 11.6 Å². The average molecular weight is 290 g/mol. The van der Waals surface area contributed by atoms with Crippen LogP contribution in [0.25, 0.3) is 5.57 Å². The van der Waals surface area contributed by atoms with Crippen LogP contribution in [0.3, 0.4) is 0 Å². The number of hydrogen-bond donors (Lipinski definition) is 2. The minimum absolute atomic E-state index is 0.178. The number of carboxylic acids is 1. The summed E-state index contributed by atoms with van der Waals surface area (Å²) in [4.78, 5) is 15.1. The predicted molar refractivity (Wildman–Crippen MR) is 66.4 cm³/mol. The van der Waals surface area contributed by atoms with Crippen molar-refractivity contribution in [2.24, 2.45) is 5.90 Å². The van der Waals surface area contributed by atoms with Gasteiger partial charge in [0.05, 0.1) is 0 Å². The lowest BCUT2D eigenvalue weighted by atomic mass is 9.98. The normalized spacial score (nSPS) is 12.1. The van der Waals surface area contributed by atoms with Gasteiger partial charge in [-0.15, -0.1) is 0 Å². The van der Waals surface area contributed by atoms with Crippen molar-refractivity contribution >= 4 is 23.1 Å². The largest absolute Gasteiger partial charge is 0.478 e. The smallest absolute Gasteiger partial charge is 0.340 e. The zero-order chi connectivity index (χ0) is 14.6. The fourth-order valence-corrected chi connectivity index (χ4v) is 1.69. The predicted octanol–water partition coefficient (Wildman–Crippen LogP) is 2.85. The molecule has 0 aliphatic rings. The van der Waals surface area contributed by atoms with Crippen LogP contribution in [-0.2, 0) is 9.63 Å². The molecule has 19 heavy (non-hydrogen) atoms. The molecule has 0 saturated carbocycles. The number of aliphatic carboxylic acids is 1. The van der Waals surface area contributed by atoms with Crippen molar-refractivity contribution in [2.75, 3.05) is 0 Å². The number of rotatable bonds is 5. The summed E-state index contributed by atoms with van der Waals surface area (Å²) in [6.45, 7) is 3.47. The van der Waals surface area contributed by atoms with Gasteiger partial charge in [0.15, 0.2) is 0 Å². The Morgan fingerprint density at radius 1 is 1.42 bits per heavy atom. The lowest BCUT2D eigenvalue weighted by Gasteiger charge is -2.13. The molecular formula is C12H10ClF2NO3. The fraction of sp³-hybridized carbons (Fsp3) is 0.0833. The van der Waals surface area contributed by atoms with Crippen molar-refractivity contribution < 1.29 is 23.5 Å². The number of nitrogens with two attached hydrogens (primary N) is 1. The monoisotopic (exact) mass is 289 g/mol. The molecule has 1 rings (SSSR count). The molecule has 0 heterocycles. The maximum absolute atomic E-state index is 12.7. The first-order chi connectivity index (χ1) is 8.90. The van der Waals surface area contributed by atoms with Gasteiger partial charge in [-0.2, -0.15) is 5.90 Å². The Morgan fingerprint density at radius 2 is 2.00 bits per heavy atom. The summed E-state index contributed by atoms with van der Waals surface area (Å²) >= 11 is 5.86. The molecule has 4 nitrogen and oxygen atoms in total. The van der Waals surface area contributed by atoms with E-state index in [0.717, 1.165) is 0 Å². The Bertz CT molecular complexity index is 544. The summed E-state index contributed by atoms with van der Waals surface area (Å²) in [6, 6.07) is 6.11. The zero-order valence-corrected chi connectivity index (χ0v) is 10.3. The van der Waals surface area contributed by atoms with Crippen molar-refractivity contribution in [3.8, 4) is 0 Å². The van der Waals surface area contributed by atoms with Gasteiger partial charge in [0.25, 0.3) is 6.43 Å². The molecule has 0 amide bonds. The van der Waals surface area contributed by atoms with Crippen molar-refractivity contribution in [3.05, 3.63) is 52.8 Å². The van der Waals surface area contributed by atoms with Crippen LogP contribution in [0.15, 0.2) is 42.2 Å². The van der Waals surface area contributed by atoms with Gasteiger partial charge in [0.2, 0.25) is 5.76 Å². The number of carboxylic acid groups (broad SMARTS) is 1. The van der Waals surface area contributed by atoms with E-state index in [9.17, 15) is 13.6 Å². The van der Waals surface area contributed by atoms with Crippen LogP contribution < -0.4 is 5.90 Å². The van der Waals surface area contributed by atoms with Crippen LogP contribution in [0.1, 0.15) is 5.56 Å². The van der Waals surface area contributed by atoms with Gasteiger partial charge in [-0.25, -0.2) is 13.6 Å². The van der Waals surface area contributed by atoms with Crippen LogP contribution in [0.5, 0.6) is 0 Å². The molecule has 0 fully saturated rings. The Hall–Kier alpha value is -1.92. The van der Waals surface area contributed by atoms with Crippen molar-refractivity contribution in [1.29, 1.82) is 0 Å². The Kier molecular flexibility index (Phi) is 5.02. The van der Waals surface area contributed by atoms with Crippen LogP contribution >= 0.6 is 11.6 Å². The number of benzene rings is 1. The van der Waals surface area contributed by atoms with E-state index >= 15 is 0 Å². The second-order valence-electron chi connectivity index (χ2n) is 3.42. The van der Waals surface area contributed by atoms with E-state index in [1.807, 2.05) is 0 Å². The lowest BCUT2D eigenvalue weighted by Crippen LogP contribution is -2.16. The second kappa shape index (κ2) is 6.31. The number of carbonyl (C=O) groups is 1. The van der Waals surface area contributed by atoms with Crippen LogP contribution in [0, 0.1) is 0 Å². The maximum Gasteiger partial charge on any atom is 0.340 e. The molecule has 1 aromatic rings. The van der Waals surface area contributed by atoms with Crippen molar-refractivity contribution in [2.45, 2.75) is 6.43 Å². The summed E-state index contributed by atoms with van der Waals surface area (Å²) in [5.74, 6) is 1.89. The molecule has 0 unspecified atom stereocenters. The van der Waals surface area contributed by atoms with E-state index in [0.29, 0.717) is 0 Å². The molecular weight excluding hydrogens is 280 g/mol. The first-order valence-electron chi connectivity index (χ1n) is 4.96. The van der Waals surface area contributed by atoms with Crippen LogP contribution in [0.2, 0.25) is 5.02 Å². The fourth-order valence-electron chi connectivity index (χ4n) is 1.44. The summed E-state index contributed by atoms with van der Waals surface area (Å²) in [7, 11) is 0. The summed E-state index contributed by atoms with van der Waals surface area (Å²) < 4.78 is 25.4. The summed E-state index contributed by atoms with van der Waals surface area (Å²) in [5, 5.41) is 9.19. The Labute approximate surface area is 112 Å². The molecule has 0 aliphatic carbocycles. The third-order valence-electron chi connectivity index (χ3n) is 2.29. The summed E-state index contributed by atoms with van der Waals surface area (Å²) in [6.07, 6.45) is -3.18. The number of alkyl halides is 2. The Morgan fingerprint density at radius 3 is 2.42 bits per heavy atom. The topological polar surface area (TPSA) is 72.5 Å². The molecule has 0 radical (unpaired) electrons. The number of allylic oxidation sites excluding steroid dienone is 1. The Balaban J connectivity index is 3.41. The molecule has 0 aromatic heterocycles. The maximum atomic E-state index is 12.7. The molecule has 7 heteroatoms. The second-order valence-corrected chi connectivity index (χ2v) is 3.83. The quantitative estimate of drug-likeness (QED) is 0.378. The van der Waals surface area contributed by atoms with Gasteiger partial charge in [-0.1, -0.05) is 36.4 Å². The molecule has 0 atom stereocenters. The van der Waals surface area contributed by atoms with Gasteiger partial charge < -0.3 is 9.94 Å². The van der Waals surface area contributed by atoms with Crippen LogP contribution in [0.4, 0.5) is 8.78 Å². The molecule has 3 N–H and O–H groups in total. The van der Waals surface area contributed by atoms with Gasteiger partial charge in [0.1, 0.15) is 5.57 Å². The minimum atomic E-state index is -3.18. The van der Waals surface area contributed by atoms with E-state index in [4.69, 9.17) is 22.6 Å². The van der Waals surface area contributed by atoms with Crippen molar-refractivity contribution in [1.82, 2.24) is 0 Å². The first kappa shape index (κ1) is 15.1. The third-order valence-corrected chi connectivity index (χ3v) is 2.62. The molecule has 0 spiro atoms. The molecule has 0 saturated heterocycles. The van der Waals surface area contributed by atoms with E-state index in [1.165, 1.54) is 12.1 Å². The third kappa shape index (κ3) is 3.30. The van der Waals surface area contributed by atoms with Crippen LogP contribution in [-0.4, -0.2) is 17.5 Å². The summed E-state index contributed by atoms with van der Waals surface area (Å²) in [5.41, 5.74) is -0.818. The van der Waals surface area contributed by atoms with E-state index in [2.05, 4.69) is 11.4 Å². The lowest BCUT2D eigenvalue weighted by molar-refractivity contribution is -0.132.